The van der Waals surface area contributed by atoms with Crippen molar-refractivity contribution in [2.45, 2.75) is 44.7 Å². The molecule has 6 heteroatoms. The molecule has 1 saturated heterocycles. The number of rotatable bonds is 6. The number of benzene rings is 1. The maximum absolute atomic E-state index is 12.0. The Kier molecular flexibility index (Phi) is 4.64. The van der Waals surface area contributed by atoms with Gasteiger partial charge in [0.25, 0.3) is 0 Å². The topological polar surface area (TPSA) is 86.9 Å². The Hall–Kier alpha value is -2.63. The summed E-state index contributed by atoms with van der Waals surface area (Å²) in [4.78, 5) is 23.3. The Labute approximate surface area is 141 Å². The summed E-state index contributed by atoms with van der Waals surface area (Å²) in [5.74, 6) is 0.0528. The predicted octanol–water partition coefficient (Wildman–Crippen LogP) is 2.14. The lowest BCUT2D eigenvalue weighted by molar-refractivity contribution is -0.122. The first-order chi connectivity index (χ1) is 11.5. The van der Waals surface area contributed by atoms with Gasteiger partial charge in [-0.3, -0.25) is 14.7 Å². The van der Waals surface area contributed by atoms with Gasteiger partial charge in [0.05, 0.1) is 17.9 Å². The molecule has 3 rings (SSSR count). The van der Waals surface area contributed by atoms with Gasteiger partial charge in [-0.1, -0.05) is 30.3 Å². The number of H-pyrrole nitrogens is 1. The molecule has 126 valence electrons. The number of nitrogens with zero attached hydrogens (tertiary/aromatic N) is 1. The van der Waals surface area contributed by atoms with Crippen LogP contribution in [0.5, 0.6) is 0 Å². The van der Waals surface area contributed by atoms with E-state index in [1.807, 2.05) is 43.3 Å². The van der Waals surface area contributed by atoms with Gasteiger partial charge < -0.3 is 10.6 Å². The molecule has 0 radical (unpaired) electrons. The largest absolute Gasteiger partial charge is 0.351 e. The van der Waals surface area contributed by atoms with E-state index in [-0.39, 0.29) is 17.4 Å². The van der Waals surface area contributed by atoms with Gasteiger partial charge in [-0.25, -0.2) is 0 Å². The molecule has 1 aromatic heterocycles. The Morgan fingerprint density at radius 3 is 2.83 bits per heavy atom. The van der Waals surface area contributed by atoms with Crippen LogP contribution in [0.15, 0.2) is 36.4 Å². The van der Waals surface area contributed by atoms with Gasteiger partial charge in [-0.15, -0.1) is 0 Å². The summed E-state index contributed by atoms with van der Waals surface area (Å²) in [5, 5.41) is 13.1. The summed E-state index contributed by atoms with van der Waals surface area (Å²) in [6.45, 7) is 2.41. The van der Waals surface area contributed by atoms with Crippen LogP contribution in [0.4, 0.5) is 0 Å². The smallest absolute Gasteiger partial charge is 0.220 e. The molecular weight excluding hydrogens is 304 g/mol. The highest BCUT2D eigenvalue weighted by atomic mass is 16.2. The zero-order chi connectivity index (χ0) is 17.0. The number of nitrogens with one attached hydrogen (secondary N) is 3. The Morgan fingerprint density at radius 2 is 2.12 bits per heavy atom. The third-order valence-corrected chi connectivity index (χ3v) is 4.43. The molecule has 0 spiro atoms. The fraction of sp³-hybridized carbons (Fsp3) is 0.389. The van der Waals surface area contributed by atoms with Gasteiger partial charge in [0.15, 0.2) is 0 Å². The number of carbonyl (C=O) groups excluding carboxylic acids is 2. The maximum atomic E-state index is 12.0. The standard InChI is InChI=1S/C18H22N4O2/c1-18(10-8-17(24)20-18)9-7-16(23)19-12-14-11-15(22-21-14)13-5-3-2-4-6-13/h2-6,11H,7-10,12H2,1H3,(H,19,23)(H,20,24)(H,21,22). The zero-order valence-electron chi connectivity index (χ0n) is 13.8. The summed E-state index contributed by atoms with van der Waals surface area (Å²) in [6, 6.07) is 11.8. The molecule has 1 aliphatic heterocycles. The first kappa shape index (κ1) is 16.2. The van der Waals surface area contributed by atoms with Crippen LogP contribution in [0.1, 0.15) is 38.3 Å². The van der Waals surface area contributed by atoms with Crippen LogP contribution in [0.25, 0.3) is 11.3 Å². The number of aromatic nitrogens is 2. The van der Waals surface area contributed by atoms with Crippen LogP contribution >= 0.6 is 0 Å². The molecule has 3 N–H and O–H groups in total. The molecule has 0 saturated carbocycles. The summed E-state index contributed by atoms with van der Waals surface area (Å²) in [6.07, 6.45) is 2.40. The molecule has 0 bridgehead atoms. The summed E-state index contributed by atoms with van der Waals surface area (Å²) >= 11 is 0. The summed E-state index contributed by atoms with van der Waals surface area (Å²) in [5.41, 5.74) is 2.52. The third kappa shape index (κ3) is 4.01. The lowest BCUT2D eigenvalue weighted by Crippen LogP contribution is -2.39. The van der Waals surface area contributed by atoms with Crippen molar-refractivity contribution in [3.8, 4) is 11.3 Å². The van der Waals surface area contributed by atoms with Gasteiger partial charge in [0, 0.05) is 23.9 Å². The Morgan fingerprint density at radius 1 is 1.33 bits per heavy atom. The van der Waals surface area contributed by atoms with Crippen molar-refractivity contribution < 1.29 is 9.59 Å². The van der Waals surface area contributed by atoms with Gasteiger partial charge in [-0.2, -0.15) is 5.10 Å². The molecule has 1 aromatic carbocycles. The van der Waals surface area contributed by atoms with Crippen LogP contribution < -0.4 is 10.6 Å². The van der Waals surface area contributed by atoms with E-state index in [9.17, 15) is 9.59 Å². The van der Waals surface area contributed by atoms with Crippen LogP contribution in [-0.2, 0) is 16.1 Å². The van der Waals surface area contributed by atoms with Crippen molar-refractivity contribution in [2.24, 2.45) is 0 Å². The molecule has 6 nitrogen and oxygen atoms in total. The van der Waals surface area contributed by atoms with E-state index >= 15 is 0 Å². The van der Waals surface area contributed by atoms with Crippen molar-refractivity contribution >= 4 is 11.8 Å². The highest BCUT2D eigenvalue weighted by Crippen LogP contribution is 2.24. The molecule has 2 aromatic rings. The molecule has 1 unspecified atom stereocenters. The van der Waals surface area contributed by atoms with E-state index in [1.165, 1.54) is 0 Å². The molecule has 2 heterocycles. The Bertz CT molecular complexity index is 726. The second-order valence-corrected chi connectivity index (χ2v) is 6.53. The molecule has 1 atom stereocenters. The highest BCUT2D eigenvalue weighted by molar-refractivity contribution is 5.80. The molecule has 1 fully saturated rings. The van der Waals surface area contributed by atoms with Crippen LogP contribution in [0.3, 0.4) is 0 Å². The molecule has 0 aliphatic carbocycles. The molecular formula is C18H22N4O2. The minimum atomic E-state index is -0.247. The van der Waals surface area contributed by atoms with Crippen LogP contribution in [0, 0.1) is 0 Å². The number of hydrogen-bond donors (Lipinski definition) is 3. The average Bonchev–Trinajstić information content (AvgIpc) is 3.19. The average molecular weight is 326 g/mol. The van der Waals surface area contributed by atoms with Gasteiger partial charge in [0.1, 0.15) is 0 Å². The first-order valence-electron chi connectivity index (χ1n) is 8.21. The minimum absolute atomic E-state index is 0.0202. The lowest BCUT2D eigenvalue weighted by Gasteiger charge is -2.23. The van der Waals surface area contributed by atoms with Crippen molar-refractivity contribution in [1.82, 2.24) is 20.8 Å². The first-order valence-corrected chi connectivity index (χ1v) is 8.21. The molecule has 2 amide bonds. The molecule has 1 aliphatic rings. The molecule has 24 heavy (non-hydrogen) atoms. The van der Waals surface area contributed by atoms with Gasteiger partial charge >= 0.3 is 0 Å². The van der Waals surface area contributed by atoms with E-state index in [2.05, 4.69) is 20.8 Å². The number of amides is 2. The van der Waals surface area contributed by atoms with Crippen LogP contribution in [-0.4, -0.2) is 27.6 Å². The summed E-state index contributed by atoms with van der Waals surface area (Å²) in [7, 11) is 0. The van der Waals surface area contributed by atoms with Crippen molar-refractivity contribution in [2.75, 3.05) is 0 Å². The van der Waals surface area contributed by atoms with E-state index in [1.54, 1.807) is 0 Å². The number of carbonyl (C=O) groups is 2. The van der Waals surface area contributed by atoms with Crippen LogP contribution in [0.2, 0.25) is 0 Å². The maximum Gasteiger partial charge on any atom is 0.220 e. The van der Waals surface area contributed by atoms with E-state index in [4.69, 9.17) is 0 Å². The number of hydrogen-bond acceptors (Lipinski definition) is 3. The third-order valence-electron chi connectivity index (χ3n) is 4.43. The number of aromatic amines is 1. The predicted molar refractivity (Wildman–Crippen MR) is 90.9 cm³/mol. The van der Waals surface area contributed by atoms with Crippen molar-refractivity contribution in [3.05, 3.63) is 42.1 Å². The van der Waals surface area contributed by atoms with Gasteiger partial charge in [-0.05, 0) is 25.8 Å². The fourth-order valence-electron chi connectivity index (χ4n) is 2.92. The van der Waals surface area contributed by atoms with Gasteiger partial charge in [0.2, 0.25) is 11.8 Å². The highest BCUT2D eigenvalue weighted by Gasteiger charge is 2.32. The van der Waals surface area contributed by atoms with E-state index < -0.39 is 0 Å². The zero-order valence-corrected chi connectivity index (χ0v) is 13.8. The van der Waals surface area contributed by atoms with Crippen molar-refractivity contribution in [3.63, 3.8) is 0 Å². The second-order valence-electron chi connectivity index (χ2n) is 6.53. The van der Waals surface area contributed by atoms with E-state index in [0.717, 1.165) is 23.4 Å². The normalized spacial score (nSPS) is 20.0. The monoisotopic (exact) mass is 326 g/mol. The quantitative estimate of drug-likeness (QED) is 0.760. The SMILES string of the molecule is CC1(CCC(=O)NCc2cc(-c3ccccc3)n[nH]2)CCC(=O)N1. The Balaban J connectivity index is 1.47. The van der Waals surface area contributed by atoms with E-state index in [0.29, 0.717) is 25.8 Å². The summed E-state index contributed by atoms with van der Waals surface area (Å²) < 4.78 is 0. The lowest BCUT2D eigenvalue weighted by atomic mass is 9.94. The second kappa shape index (κ2) is 6.86. The fourth-order valence-corrected chi connectivity index (χ4v) is 2.92. The minimum Gasteiger partial charge on any atom is -0.351 e. The van der Waals surface area contributed by atoms with Crippen molar-refractivity contribution in [1.29, 1.82) is 0 Å².